The first-order chi connectivity index (χ1) is 5.81. The molecule has 0 aliphatic carbocycles. The Bertz CT molecular complexity index is 460. The number of nitrogens with zero attached hydrogens (tertiary/aromatic N) is 2. The van der Waals surface area contributed by atoms with Crippen LogP contribution in [0.1, 0.15) is 0 Å². The molecule has 0 fully saturated rings. The summed E-state index contributed by atoms with van der Waals surface area (Å²) in [6.45, 7) is 0. The average Bonchev–Trinajstić information content (AvgIpc) is 2.49. The van der Waals surface area contributed by atoms with E-state index in [0.29, 0.717) is 16.3 Å². The smallest absolute Gasteiger partial charge is 0.276 e. The third kappa shape index (κ3) is 1.00. The van der Waals surface area contributed by atoms with Gasteiger partial charge in [-0.15, -0.1) is 0 Å². The maximum atomic E-state index is 11.1. The quantitative estimate of drug-likeness (QED) is 0.625. The molecule has 0 aliphatic heterocycles. The molecule has 2 rings (SSSR count). The average molecular weight is 182 g/mol. The molecule has 5 nitrogen and oxygen atoms in total. The van der Waals surface area contributed by atoms with Crippen molar-refractivity contribution in [1.29, 1.82) is 0 Å². The van der Waals surface area contributed by atoms with E-state index in [-0.39, 0.29) is 5.56 Å². The summed E-state index contributed by atoms with van der Waals surface area (Å²) in [6, 6.07) is 0. The second-order valence-electron chi connectivity index (χ2n) is 2.18. The fraction of sp³-hybridized carbons (Fsp3) is 0.167. The summed E-state index contributed by atoms with van der Waals surface area (Å²) in [4.78, 5) is 24.4. The van der Waals surface area contributed by atoms with E-state index in [1.165, 1.54) is 18.1 Å². The van der Waals surface area contributed by atoms with Gasteiger partial charge in [0.25, 0.3) is 5.56 Å². The summed E-state index contributed by atoms with van der Waals surface area (Å²) < 4.78 is 0. The molecule has 2 N–H and O–H groups in total. The van der Waals surface area contributed by atoms with Crippen LogP contribution in [-0.4, -0.2) is 26.2 Å². The van der Waals surface area contributed by atoms with Crippen LogP contribution in [0.2, 0.25) is 0 Å². The normalized spacial score (nSPS) is 10.8. The molecule has 2 aromatic rings. The maximum absolute atomic E-state index is 11.1. The second kappa shape index (κ2) is 2.63. The second-order valence-corrected chi connectivity index (χ2v) is 2.97. The van der Waals surface area contributed by atoms with Crippen molar-refractivity contribution < 1.29 is 0 Å². The highest BCUT2D eigenvalue weighted by Crippen LogP contribution is 2.11. The van der Waals surface area contributed by atoms with Gasteiger partial charge in [0.15, 0.2) is 16.3 Å². The molecule has 0 radical (unpaired) electrons. The van der Waals surface area contributed by atoms with Gasteiger partial charge in [0.05, 0.1) is 6.33 Å². The first-order valence-corrected chi connectivity index (χ1v) is 4.51. The summed E-state index contributed by atoms with van der Waals surface area (Å²) >= 11 is 1.44. The zero-order chi connectivity index (χ0) is 8.55. The van der Waals surface area contributed by atoms with Crippen LogP contribution in [0, 0.1) is 0 Å². The molecule has 12 heavy (non-hydrogen) atoms. The third-order valence-corrected chi connectivity index (χ3v) is 2.05. The molecule has 6 heteroatoms. The van der Waals surface area contributed by atoms with Gasteiger partial charge in [-0.25, -0.2) is 9.97 Å². The molecular weight excluding hydrogens is 176 g/mol. The van der Waals surface area contributed by atoms with Crippen molar-refractivity contribution in [3.8, 4) is 0 Å². The summed E-state index contributed by atoms with van der Waals surface area (Å²) in [7, 11) is 0. The number of fused-ring (bicyclic) bond motifs is 1. The fourth-order valence-electron chi connectivity index (χ4n) is 0.915. The standard InChI is InChI=1S/C6H6N4OS/c1-12-6-9-3-4(10-6)7-2-8-5(3)11/h2H,1H3,(H2,7,8,9,10,11). The number of rotatable bonds is 1. The molecule has 0 aromatic carbocycles. The summed E-state index contributed by atoms with van der Waals surface area (Å²) in [5.74, 6) is 0. The van der Waals surface area contributed by atoms with Crippen molar-refractivity contribution in [1.82, 2.24) is 19.9 Å². The zero-order valence-electron chi connectivity index (χ0n) is 6.29. The van der Waals surface area contributed by atoms with E-state index in [0.717, 1.165) is 0 Å². The van der Waals surface area contributed by atoms with E-state index in [1.807, 2.05) is 6.26 Å². The van der Waals surface area contributed by atoms with Crippen LogP contribution >= 0.6 is 11.8 Å². The van der Waals surface area contributed by atoms with Gasteiger partial charge in [-0.2, -0.15) is 0 Å². The number of aromatic nitrogens is 4. The molecule has 0 atom stereocenters. The molecular formula is C6H6N4OS. The van der Waals surface area contributed by atoms with Crippen LogP contribution in [0.25, 0.3) is 11.2 Å². The maximum Gasteiger partial charge on any atom is 0.276 e. The molecule has 0 saturated heterocycles. The number of hydrogen-bond acceptors (Lipinski definition) is 4. The first kappa shape index (κ1) is 7.35. The predicted molar refractivity (Wildman–Crippen MR) is 46.3 cm³/mol. The minimum absolute atomic E-state index is 0.187. The fourth-order valence-corrected chi connectivity index (χ4v) is 1.30. The van der Waals surface area contributed by atoms with Gasteiger partial charge in [0.2, 0.25) is 0 Å². The molecule has 0 unspecified atom stereocenters. The summed E-state index contributed by atoms with van der Waals surface area (Å²) in [5.41, 5.74) is 0.706. The van der Waals surface area contributed by atoms with Gasteiger partial charge in [-0.1, -0.05) is 11.8 Å². The van der Waals surface area contributed by atoms with Crippen molar-refractivity contribution in [3.63, 3.8) is 0 Å². The van der Waals surface area contributed by atoms with Gasteiger partial charge in [-0.3, -0.25) is 4.79 Å². The SMILES string of the molecule is CSc1nc2nc[nH]c(=O)c2[nH]1. The highest BCUT2D eigenvalue weighted by atomic mass is 32.2. The molecule has 2 heterocycles. The van der Waals surface area contributed by atoms with Gasteiger partial charge in [0, 0.05) is 0 Å². The van der Waals surface area contributed by atoms with Crippen molar-refractivity contribution >= 4 is 22.9 Å². The Morgan fingerprint density at radius 1 is 1.58 bits per heavy atom. The number of nitrogens with one attached hydrogen (secondary N) is 2. The number of H-pyrrole nitrogens is 2. The Kier molecular flexibility index (Phi) is 1.61. The number of imidazole rings is 1. The van der Waals surface area contributed by atoms with Gasteiger partial charge in [0.1, 0.15) is 0 Å². The Morgan fingerprint density at radius 2 is 2.42 bits per heavy atom. The summed E-state index contributed by atoms with van der Waals surface area (Å²) in [6.07, 6.45) is 3.22. The topological polar surface area (TPSA) is 74.4 Å². The number of thioether (sulfide) groups is 1. The van der Waals surface area contributed by atoms with Crippen LogP contribution in [-0.2, 0) is 0 Å². The lowest BCUT2D eigenvalue weighted by atomic mass is 10.6. The van der Waals surface area contributed by atoms with Crippen LogP contribution in [0.4, 0.5) is 0 Å². The monoisotopic (exact) mass is 182 g/mol. The first-order valence-electron chi connectivity index (χ1n) is 3.28. The highest BCUT2D eigenvalue weighted by molar-refractivity contribution is 7.98. The Morgan fingerprint density at radius 3 is 3.08 bits per heavy atom. The Labute approximate surface area is 71.6 Å². The molecule has 0 bridgehead atoms. The predicted octanol–water partition coefficient (Wildman–Crippen LogP) is 0.368. The van der Waals surface area contributed by atoms with Crippen LogP contribution in [0.3, 0.4) is 0 Å². The van der Waals surface area contributed by atoms with Crippen LogP contribution < -0.4 is 5.56 Å². The molecule has 62 valence electrons. The molecule has 0 saturated carbocycles. The molecule has 0 amide bonds. The van der Waals surface area contributed by atoms with Crippen LogP contribution in [0.5, 0.6) is 0 Å². The van der Waals surface area contributed by atoms with Gasteiger partial charge >= 0.3 is 0 Å². The van der Waals surface area contributed by atoms with Crippen molar-refractivity contribution in [2.45, 2.75) is 5.16 Å². The van der Waals surface area contributed by atoms with Crippen molar-refractivity contribution in [2.75, 3.05) is 6.26 Å². The largest absolute Gasteiger partial charge is 0.327 e. The van der Waals surface area contributed by atoms with E-state index in [9.17, 15) is 4.79 Å². The lowest BCUT2D eigenvalue weighted by Gasteiger charge is -1.81. The summed E-state index contributed by atoms with van der Waals surface area (Å²) in [5, 5.41) is 0.703. The third-order valence-electron chi connectivity index (χ3n) is 1.47. The molecule has 2 aromatic heterocycles. The molecule has 0 aliphatic rings. The Balaban J connectivity index is 2.83. The van der Waals surface area contributed by atoms with E-state index in [2.05, 4.69) is 19.9 Å². The van der Waals surface area contributed by atoms with E-state index in [4.69, 9.17) is 0 Å². The Hall–Kier alpha value is -1.30. The van der Waals surface area contributed by atoms with Crippen molar-refractivity contribution in [3.05, 3.63) is 16.7 Å². The lowest BCUT2D eigenvalue weighted by molar-refractivity contribution is 1.08. The van der Waals surface area contributed by atoms with E-state index in [1.54, 1.807) is 0 Å². The van der Waals surface area contributed by atoms with Crippen molar-refractivity contribution in [2.24, 2.45) is 0 Å². The number of hydrogen-bond donors (Lipinski definition) is 2. The van der Waals surface area contributed by atoms with Gasteiger partial charge < -0.3 is 9.97 Å². The lowest BCUT2D eigenvalue weighted by Crippen LogP contribution is -2.05. The van der Waals surface area contributed by atoms with Crippen LogP contribution in [0.15, 0.2) is 16.3 Å². The minimum Gasteiger partial charge on any atom is -0.327 e. The molecule has 0 spiro atoms. The highest BCUT2D eigenvalue weighted by Gasteiger charge is 2.04. The van der Waals surface area contributed by atoms with E-state index >= 15 is 0 Å². The number of aromatic amines is 2. The van der Waals surface area contributed by atoms with Gasteiger partial charge in [-0.05, 0) is 6.26 Å². The minimum atomic E-state index is -0.187. The van der Waals surface area contributed by atoms with E-state index < -0.39 is 0 Å². The zero-order valence-corrected chi connectivity index (χ0v) is 7.10.